The highest BCUT2D eigenvalue weighted by Crippen LogP contribution is 2.25. The van der Waals surface area contributed by atoms with E-state index in [1.807, 2.05) is 6.07 Å². The van der Waals surface area contributed by atoms with Crippen molar-refractivity contribution in [1.29, 1.82) is 0 Å². The predicted molar refractivity (Wildman–Crippen MR) is 82.4 cm³/mol. The molecule has 0 unspecified atom stereocenters. The molecule has 0 saturated carbocycles. The molecular formula is C18H19N. The van der Waals surface area contributed by atoms with Crippen LogP contribution >= 0.6 is 0 Å². The Hall–Kier alpha value is -2.02. The number of benzene rings is 2. The second-order valence-electron chi connectivity index (χ2n) is 5.16. The standard InChI is InChI=1S/C18H19N/c1-14(15-6-3-2-4-7-15)13-19-18-11-10-16-8-5-9-17(16)12-18/h2-4,6-7,10-12,19H,1,5,8-9,13H2. The van der Waals surface area contributed by atoms with Gasteiger partial charge in [0.1, 0.15) is 0 Å². The molecule has 1 nitrogen and oxygen atoms in total. The van der Waals surface area contributed by atoms with Gasteiger partial charge in [0.2, 0.25) is 0 Å². The van der Waals surface area contributed by atoms with Crippen LogP contribution in [-0.2, 0) is 12.8 Å². The van der Waals surface area contributed by atoms with Gasteiger partial charge >= 0.3 is 0 Å². The minimum absolute atomic E-state index is 0.794. The van der Waals surface area contributed by atoms with Gasteiger partial charge in [-0.1, -0.05) is 43.0 Å². The minimum atomic E-state index is 0.794. The van der Waals surface area contributed by atoms with Gasteiger partial charge in [0.25, 0.3) is 0 Å². The van der Waals surface area contributed by atoms with Crippen molar-refractivity contribution in [2.24, 2.45) is 0 Å². The van der Waals surface area contributed by atoms with Gasteiger partial charge in [-0.15, -0.1) is 0 Å². The van der Waals surface area contributed by atoms with E-state index in [1.165, 1.54) is 41.6 Å². The lowest BCUT2D eigenvalue weighted by molar-refractivity contribution is 0.912. The van der Waals surface area contributed by atoms with Gasteiger partial charge in [-0.2, -0.15) is 0 Å². The first-order valence-electron chi connectivity index (χ1n) is 6.92. The number of hydrogen-bond acceptors (Lipinski definition) is 1. The maximum Gasteiger partial charge on any atom is 0.0400 e. The van der Waals surface area contributed by atoms with Gasteiger partial charge in [0, 0.05) is 12.2 Å². The van der Waals surface area contributed by atoms with Gasteiger partial charge in [-0.3, -0.25) is 0 Å². The third kappa shape index (κ3) is 2.70. The van der Waals surface area contributed by atoms with E-state index in [-0.39, 0.29) is 0 Å². The summed E-state index contributed by atoms with van der Waals surface area (Å²) < 4.78 is 0. The van der Waals surface area contributed by atoms with Crippen LogP contribution in [0.25, 0.3) is 5.57 Å². The Morgan fingerprint density at radius 3 is 2.63 bits per heavy atom. The first-order chi connectivity index (χ1) is 9.33. The Kier molecular flexibility index (Phi) is 3.37. The highest BCUT2D eigenvalue weighted by Gasteiger charge is 2.10. The molecule has 0 bridgehead atoms. The smallest absolute Gasteiger partial charge is 0.0400 e. The zero-order valence-corrected chi connectivity index (χ0v) is 11.2. The summed E-state index contributed by atoms with van der Waals surface area (Å²) in [5.74, 6) is 0. The molecule has 1 aliphatic carbocycles. The minimum Gasteiger partial charge on any atom is -0.381 e. The number of nitrogens with one attached hydrogen (secondary N) is 1. The lowest BCUT2D eigenvalue weighted by Crippen LogP contribution is -2.03. The van der Waals surface area contributed by atoms with Crippen LogP contribution in [0.15, 0.2) is 55.1 Å². The molecule has 1 aliphatic rings. The molecule has 0 saturated heterocycles. The molecule has 3 rings (SSSR count). The van der Waals surface area contributed by atoms with Crippen LogP contribution in [0.4, 0.5) is 5.69 Å². The fourth-order valence-corrected chi connectivity index (χ4v) is 2.67. The summed E-state index contributed by atoms with van der Waals surface area (Å²) in [7, 11) is 0. The van der Waals surface area contributed by atoms with Crippen LogP contribution < -0.4 is 5.32 Å². The maximum atomic E-state index is 4.15. The molecule has 0 heterocycles. The molecule has 1 heteroatoms. The van der Waals surface area contributed by atoms with E-state index in [1.54, 1.807) is 0 Å². The van der Waals surface area contributed by atoms with Gasteiger partial charge in [0.05, 0.1) is 0 Å². The van der Waals surface area contributed by atoms with Crippen molar-refractivity contribution in [2.45, 2.75) is 19.3 Å². The average molecular weight is 249 g/mol. The Labute approximate surface area is 115 Å². The second kappa shape index (κ2) is 5.31. The lowest BCUT2D eigenvalue weighted by atomic mass is 10.1. The summed E-state index contributed by atoms with van der Waals surface area (Å²) in [5.41, 5.74) is 6.57. The van der Waals surface area contributed by atoms with Crippen molar-refractivity contribution < 1.29 is 0 Å². The van der Waals surface area contributed by atoms with Crippen molar-refractivity contribution >= 4 is 11.3 Å². The Morgan fingerprint density at radius 1 is 1.00 bits per heavy atom. The van der Waals surface area contributed by atoms with E-state index in [2.05, 4.69) is 54.4 Å². The molecule has 0 aromatic heterocycles. The Bertz CT molecular complexity index is 584. The first-order valence-corrected chi connectivity index (χ1v) is 6.92. The molecule has 0 radical (unpaired) electrons. The summed E-state index contributed by atoms with van der Waals surface area (Å²) in [4.78, 5) is 0. The molecule has 0 amide bonds. The monoisotopic (exact) mass is 249 g/mol. The summed E-state index contributed by atoms with van der Waals surface area (Å²) in [6.45, 7) is 4.94. The molecule has 0 fully saturated rings. The number of fused-ring (bicyclic) bond motifs is 1. The molecule has 0 aliphatic heterocycles. The van der Waals surface area contributed by atoms with Crippen molar-refractivity contribution in [3.8, 4) is 0 Å². The van der Waals surface area contributed by atoms with E-state index in [9.17, 15) is 0 Å². The van der Waals surface area contributed by atoms with Crippen LogP contribution in [0.2, 0.25) is 0 Å². The summed E-state index contributed by atoms with van der Waals surface area (Å²) in [6, 6.07) is 17.1. The van der Waals surface area contributed by atoms with Crippen LogP contribution in [0.5, 0.6) is 0 Å². The van der Waals surface area contributed by atoms with Gasteiger partial charge in [-0.25, -0.2) is 0 Å². The summed E-state index contributed by atoms with van der Waals surface area (Å²) >= 11 is 0. The molecule has 0 atom stereocenters. The highest BCUT2D eigenvalue weighted by atomic mass is 14.9. The number of rotatable bonds is 4. The highest BCUT2D eigenvalue weighted by molar-refractivity contribution is 5.67. The quantitative estimate of drug-likeness (QED) is 0.851. The van der Waals surface area contributed by atoms with E-state index in [4.69, 9.17) is 0 Å². The molecule has 2 aromatic rings. The first kappa shape index (κ1) is 12.0. The van der Waals surface area contributed by atoms with Gasteiger partial charge in [0.15, 0.2) is 0 Å². The van der Waals surface area contributed by atoms with E-state index >= 15 is 0 Å². The van der Waals surface area contributed by atoms with Gasteiger partial charge in [-0.05, 0) is 53.7 Å². The maximum absolute atomic E-state index is 4.15. The Morgan fingerprint density at radius 2 is 1.79 bits per heavy atom. The number of hydrogen-bond donors (Lipinski definition) is 1. The largest absolute Gasteiger partial charge is 0.381 e. The third-order valence-corrected chi connectivity index (χ3v) is 3.79. The van der Waals surface area contributed by atoms with Gasteiger partial charge < -0.3 is 5.32 Å². The number of aryl methyl sites for hydroxylation is 2. The van der Waals surface area contributed by atoms with Crippen LogP contribution in [0.1, 0.15) is 23.1 Å². The van der Waals surface area contributed by atoms with Crippen molar-refractivity contribution in [3.63, 3.8) is 0 Å². The topological polar surface area (TPSA) is 12.0 Å². The fourth-order valence-electron chi connectivity index (χ4n) is 2.67. The predicted octanol–water partition coefficient (Wildman–Crippen LogP) is 4.30. The van der Waals surface area contributed by atoms with Crippen LogP contribution in [-0.4, -0.2) is 6.54 Å². The van der Waals surface area contributed by atoms with Crippen LogP contribution in [0.3, 0.4) is 0 Å². The Balaban J connectivity index is 1.65. The zero-order chi connectivity index (χ0) is 13.1. The van der Waals surface area contributed by atoms with E-state index in [0.29, 0.717) is 0 Å². The molecule has 0 spiro atoms. The number of anilines is 1. The van der Waals surface area contributed by atoms with Crippen molar-refractivity contribution in [3.05, 3.63) is 71.8 Å². The molecule has 2 aromatic carbocycles. The lowest BCUT2D eigenvalue weighted by Gasteiger charge is -2.10. The normalized spacial score (nSPS) is 13.1. The van der Waals surface area contributed by atoms with Crippen molar-refractivity contribution in [2.75, 3.05) is 11.9 Å². The summed E-state index contributed by atoms with van der Waals surface area (Å²) in [6.07, 6.45) is 3.77. The molecule has 19 heavy (non-hydrogen) atoms. The second-order valence-corrected chi connectivity index (χ2v) is 5.16. The molecular weight excluding hydrogens is 230 g/mol. The zero-order valence-electron chi connectivity index (χ0n) is 11.2. The third-order valence-electron chi connectivity index (χ3n) is 3.79. The van der Waals surface area contributed by atoms with E-state index in [0.717, 1.165) is 12.1 Å². The molecule has 96 valence electrons. The van der Waals surface area contributed by atoms with E-state index < -0.39 is 0 Å². The fraction of sp³-hybridized carbons (Fsp3) is 0.222. The van der Waals surface area contributed by atoms with Crippen molar-refractivity contribution in [1.82, 2.24) is 0 Å². The molecule has 1 N–H and O–H groups in total. The average Bonchev–Trinajstić information content (AvgIpc) is 2.93. The summed E-state index contributed by atoms with van der Waals surface area (Å²) in [5, 5.41) is 3.47. The van der Waals surface area contributed by atoms with Crippen LogP contribution in [0, 0.1) is 0 Å². The SMILES string of the molecule is C=C(CNc1ccc2c(c1)CCC2)c1ccccc1.